The molecule has 27 heteroatoms. The number of carbonyl (C=O) groups excluding carboxylic acids is 12. The number of carboxylic acids is 1. The monoisotopic (exact) mass is 1150 g/mol. The van der Waals surface area contributed by atoms with E-state index in [1.165, 1.54) is 0 Å². The van der Waals surface area contributed by atoms with Crippen molar-refractivity contribution < 1.29 is 77.3 Å². The topological polar surface area (TPSA) is 401 Å². The number of ketones is 3. The molecular formula is C54H72N10O16S. The van der Waals surface area contributed by atoms with Gasteiger partial charge in [0.2, 0.25) is 47.3 Å². The zero-order valence-electron chi connectivity index (χ0n) is 45.7. The molecule has 3 aliphatic heterocycles. The quantitative estimate of drug-likeness (QED) is 0.0566. The number of hydrogen-bond acceptors (Lipinski definition) is 16. The first-order valence-corrected chi connectivity index (χ1v) is 27.9. The van der Waals surface area contributed by atoms with Crippen molar-refractivity contribution in [3.63, 3.8) is 0 Å². The Bertz CT molecular complexity index is 2810. The molecule has 1 aromatic carbocycles. The first-order valence-electron chi connectivity index (χ1n) is 26.9. The standard InChI is InChI=1S/C54H72N10O16S/c1-5-28(3)47-51(77)58-24-44(71)59-39-27-81-53-36(35-19-30(10-11-37(35)61-53)18-33(66)9-7-8-32(65)14-16-80-17-15-56-43(70)12-13-46(73)74)23-38(49(75)57-25-45(72)62-47)60-52(78)48(29(4)6-2)63-50(76)40-22-34(67)26-64(40)54(79)31(20-41(39)68)21-42(55)69/h10-11,19,28-29,31,34,38-40,47-48,61,67H,5-9,14-18,20-27H2,1-4H3,(H2,55,69)(H,56,70)(H,57,75)(H,58,77)(H,59,71)(H,60,78)(H,62,72)(H,63,76)(H,73,74)/t28-,29?,31-,34+,38+,39-,40-,47-,48-/m0/s1. The van der Waals surface area contributed by atoms with Crippen LogP contribution in [0.1, 0.15) is 96.6 Å². The number of thioether (sulfide) groups is 1. The number of ether oxygens (including phenoxy) is 1. The maximum absolute atomic E-state index is 14.7. The number of nitrogens with two attached hydrogens (primary N) is 1. The third-order valence-corrected chi connectivity index (χ3v) is 15.4. The van der Waals surface area contributed by atoms with E-state index >= 15 is 0 Å². The molecule has 1 aromatic heterocycles. The highest BCUT2D eigenvalue weighted by molar-refractivity contribution is 7.99. The summed E-state index contributed by atoms with van der Waals surface area (Å²) in [6, 6.07) is -1.77. The van der Waals surface area contributed by atoms with Crippen LogP contribution in [0.4, 0.5) is 0 Å². The van der Waals surface area contributed by atoms with E-state index in [2.05, 4.69) is 42.2 Å². The van der Waals surface area contributed by atoms with Gasteiger partial charge in [-0.25, -0.2) is 4.79 Å². The van der Waals surface area contributed by atoms with Crippen molar-refractivity contribution in [2.45, 2.75) is 140 Å². The number of aliphatic carboxylic acids is 1. The first-order chi connectivity index (χ1) is 38.5. The van der Waals surface area contributed by atoms with E-state index in [-0.39, 0.29) is 88.6 Å². The van der Waals surface area contributed by atoms with Crippen molar-refractivity contribution in [3.8, 4) is 11.8 Å². The minimum atomic E-state index is -1.50. The minimum Gasteiger partial charge on any atom is -0.472 e. The summed E-state index contributed by atoms with van der Waals surface area (Å²) < 4.78 is 5.36. The highest BCUT2D eigenvalue weighted by Gasteiger charge is 2.44. The van der Waals surface area contributed by atoms with Gasteiger partial charge < -0.3 is 67.8 Å². The minimum absolute atomic E-state index is 0.0407. The lowest BCUT2D eigenvalue weighted by atomic mass is 9.93. The van der Waals surface area contributed by atoms with Crippen LogP contribution in [0.5, 0.6) is 0 Å². The molecule has 0 spiro atoms. The van der Waals surface area contributed by atoms with Crippen LogP contribution in [0.15, 0.2) is 23.2 Å². The van der Waals surface area contributed by atoms with Crippen LogP contribution in [0, 0.1) is 29.6 Å². The van der Waals surface area contributed by atoms with E-state index in [4.69, 9.17) is 15.6 Å². The third-order valence-electron chi connectivity index (χ3n) is 14.3. The lowest BCUT2D eigenvalue weighted by Crippen LogP contribution is -2.59. The number of nitrogens with zero attached hydrogens (tertiary/aromatic N) is 1. The molecule has 1 unspecified atom stereocenters. The predicted molar refractivity (Wildman–Crippen MR) is 290 cm³/mol. The summed E-state index contributed by atoms with van der Waals surface area (Å²) in [5, 5.41) is 38.4. The molecule has 9 atom stereocenters. The summed E-state index contributed by atoms with van der Waals surface area (Å²) in [5.41, 5.74) is 7.03. The van der Waals surface area contributed by atoms with E-state index in [1.54, 1.807) is 51.8 Å². The highest BCUT2D eigenvalue weighted by atomic mass is 32.2. The normalized spacial score (nSPS) is 23.4. The molecule has 4 heterocycles. The van der Waals surface area contributed by atoms with Crippen LogP contribution in [0.25, 0.3) is 10.9 Å². The number of nitrogens with one attached hydrogen (secondary N) is 8. The van der Waals surface area contributed by atoms with Gasteiger partial charge in [-0.2, -0.15) is 0 Å². The second kappa shape index (κ2) is 30.8. The van der Waals surface area contributed by atoms with Crippen molar-refractivity contribution in [1.82, 2.24) is 47.1 Å². The molecule has 26 nitrogen and oxygen atoms in total. The molecule has 2 aromatic rings. The van der Waals surface area contributed by atoms with Crippen LogP contribution >= 0.6 is 11.8 Å². The molecule has 440 valence electrons. The number of amides is 9. The number of primary amides is 1. The zero-order valence-corrected chi connectivity index (χ0v) is 46.5. The fourth-order valence-corrected chi connectivity index (χ4v) is 10.6. The van der Waals surface area contributed by atoms with Crippen molar-refractivity contribution >= 4 is 99.1 Å². The number of rotatable bonds is 18. The molecule has 1 saturated heterocycles. The van der Waals surface area contributed by atoms with Crippen LogP contribution in [0.2, 0.25) is 0 Å². The van der Waals surface area contributed by atoms with Gasteiger partial charge in [-0.3, -0.25) is 57.5 Å². The smallest absolute Gasteiger partial charge is 0.382 e. The predicted octanol–water partition coefficient (Wildman–Crippen LogP) is -2.03. The summed E-state index contributed by atoms with van der Waals surface area (Å²) in [6.07, 6.45) is -2.08. The van der Waals surface area contributed by atoms with Gasteiger partial charge in [0, 0.05) is 93.0 Å². The van der Waals surface area contributed by atoms with E-state index < -0.39 is 145 Å². The Morgan fingerprint density at radius 2 is 1.47 bits per heavy atom. The number of hydrogen-bond donors (Lipinski definition) is 11. The summed E-state index contributed by atoms with van der Waals surface area (Å²) in [6.45, 7) is 5.35. The Kier molecular flexibility index (Phi) is 24.4. The van der Waals surface area contributed by atoms with E-state index in [9.17, 15) is 67.4 Å². The SMILES string of the molecule is CCC(C)[C@@H]1NC(=O)[C@@H]2C[C@@H](O)CN2C(=O)[C@H](CC(N)=O)CC(=O)[C@@H]2CSc3[nH]c4ccc(CC(=O)CCCC(=O)CCOCCNC(=O)C#CC(=O)O)cc4c3C[C@@H](NC1=O)C(=O)NCC(=O)N[C@@H]([C@@H](C)CC)C(=O)NCC(=O)N2. The Balaban J connectivity index is 1.52. The van der Waals surface area contributed by atoms with Gasteiger partial charge in [-0.05, 0) is 41.5 Å². The van der Waals surface area contributed by atoms with Gasteiger partial charge in [0.1, 0.15) is 35.7 Å². The average molecular weight is 1150 g/mol. The first kappa shape index (κ1) is 64.1. The number of fused-ring (bicyclic) bond motifs is 5. The van der Waals surface area contributed by atoms with Gasteiger partial charge >= 0.3 is 5.97 Å². The number of aliphatic hydroxyl groups excluding tert-OH is 1. The molecule has 12 N–H and O–H groups in total. The maximum atomic E-state index is 14.7. The van der Waals surface area contributed by atoms with Crippen molar-refractivity contribution in [2.75, 3.05) is 45.1 Å². The number of aromatic amines is 1. The van der Waals surface area contributed by atoms with E-state index in [1.807, 2.05) is 5.92 Å². The molecular weight excluding hydrogens is 1080 g/mol. The number of Topliss-reactive ketones (excluding diaryl/α,β-unsaturated/α-hetero) is 3. The summed E-state index contributed by atoms with van der Waals surface area (Å²) in [5.74, 6) is -9.30. The van der Waals surface area contributed by atoms with Crippen LogP contribution in [0.3, 0.4) is 0 Å². The van der Waals surface area contributed by atoms with E-state index in [0.29, 0.717) is 39.9 Å². The second-order valence-electron chi connectivity index (χ2n) is 20.5. The van der Waals surface area contributed by atoms with Gasteiger partial charge in [0.15, 0.2) is 5.78 Å². The number of H-pyrrole nitrogens is 1. The lowest BCUT2D eigenvalue weighted by Gasteiger charge is -2.31. The number of benzene rings is 1. The molecule has 3 aliphatic rings. The van der Waals surface area contributed by atoms with Gasteiger partial charge in [0.25, 0.3) is 5.91 Å². The van der Waals surface area contributed by atoms with E-state index in [0.717, 1.165) is 16.7 Å². The van der Waals surface area contributed by atoms with Crippen molar-refractivity contribution in [2.24, 2.45) is 23.5 Å². The maximum Gasteiger partial charge on any atom is 0.382 e. The second-order valence-corrected chi connectivity index (χ2v) is 21.5. The Morgan fingerprint density at radius 1 is 0.802 bits per heavy atom. The number of carboxylic acid groups (broad SMARTS) is 1. The number of aromatic nitrogens is 1. The molecule has 0 saturated carbocycles. The Hall–Kier alpha value is -7.70. The number of aliphatic hydroxyl groups is 1. The molecule has 1 fully saturated rings. The fourth-order valence-electron chi connectivity index (χ4n) is 9.47. The molecule has 0 aliphatic carbocycles. The van der Waals surface area contributed by atoms with Crippen LogP contribution in [-0.4, -0.2) is 178 Å². The van der Waals surface area contributed by atoms with Crippen LogP contribution < -0.4 is 43.0 Å². The van der Waals surface area contributed by atoms with Gasteiger partial charge in [0.05, 0.1) is 49.4 Å². The van der Waals surface area contributed by atoms with Gasteiger partial charge in [-0.1, -0.05) is 46.6 Å². The molecule has 9 amide bonds. The Labute approximate surface area is 471 Å². The molecule has 2 bridgehead atoms. The molecule has 81 heavy (non-hydrogen) atoms. The average Bonchev–Trinajstić information content (AvgIpc) is 4.04. The van der Waals surface area contributed by atoms with Crippen molar-refractivity contribution in [1.29, 1.82) is 0 Å². The molecule has 0 radical (unpaired) electrons. The fraction of sp³-hybridized carbons (Fsp3) is 0.574. The number of carbonyl (C=O) groups is 13. The lowest BCUT2D eigenvalue weighted by molar-refractivity contribution is -0.145. The summed E-state index contributed by atoms with van der Waals surface area (Å²) >= 11 is 1.02. The van der Waals surface area contributed by atoms with Crippen LogP contribution in [-0.2, 0) is 79.9 Å². The van der Waals surface area contributed by atoms with Crippen molar-refractivity contribution in [3.05, 3.63) is 29.3 Å². The zero-order chi connectivity index (χ0) is 59.5. The summed E-state index contributed by atoms with van der Waals surface area (Å²) in [4.78, 5) is 178. The highest BCUT2D eigenvalue weighted by Crippen LogP contribution is 2.34. The third kappa shape index (κ3) is 19.2. The largest absolute Gasteiger partial charge is 0.472 e. The summed E-state index contributed by atoms with van der Waals surface area (Å²) in [7, 11) is 0. The molecule has 5 rings (SSSR count). The Morgan fingerprint density at radius 3 is 2.15 bits per heavy atom. The van der Waals surface area contributed by atoms with Gasteiger partial charge in [-0.15, -0.1) is 11.8 Å².